The van der Waals surface area contributed by atoms with Crippen LogP contribution < -0.4 is 0 Å². The molecule has 1 atom stereocenters. The summed E-state index contributed by atoms with van der Waals surface area (Å²) in [4.78, 5) is 12.6. The van der Waals surface area contributed by atoms with E-state index in [2.05, 4.69) is 15.9 Å². The summed E-state index contributed by atoms with van der Waals surface area (Å²) >= 11 is 11.3. The highest BCUT2D eigenvalue weighted by Crippen LogP contribution is 2.30. The summed E-state index contributed by atoms with van der Waals surface area (Å²) in [6, 6.07) is 10.8. The Kier molecular flexibility index (Phi) is 5.36. The van der Waals surface area contributed by atoms with Crippen LogP contribution in [-0.2, 0) is 0 Å². The second-order valence-electron chi connectivity index (χ2n) is 4.22. The van der Waals surface area contributed by atoms with Crippen LogP contribution >= 0.6 is 50.1 Å². The van der Waals surface area contributed by atoms with Crippen molar-refractivity contribution in [2.75, 3.05) is 0 Å². The number of hydrogen-bond acceptors (Lipinski definition) is 2. The van der Waals surface area contributed by atoms with Gasteiger partial charge in [0.25, 0.3) is 0 Å². The van der Waals surface area contributed by atoms with Gasteiger partial charge in [0.15, 0.2) is 5.78 Å². The SMILES string of the molecule is N#CC(C(=O)c1cc(Br)ccc1I)c1ccc(F)cc1Cl. The molecular weight excluding hydrogens is 471 g/mol. The van der Waals surface area contributed by atoms with Gasteiger partial charge in [-0.25, -0.2) is 4.39 Å². The predicted octanol–water partition coefficient (Wildman–Crippen LogP) is 5.34. The highest BCUT2D eigenvalue weighted by atomic mass is 127. The Balaban J connectivity index is 2.49. The molecule has 21 heavy (non-hydrogen) atoms. The van der Waals surface area contributed by atoms with Gasteiger partial charge in [0.05, 0.1) is 6.07 Å². The lowest BCUT2D eigenvalue weighted by molar-refractivity contribution is 0.0978. The summed E-state index contributed by atoms with van der Waals surface area (Å²) in [6.07, 6.45) is 0. The van der Waals surface area contributed by atoms with Crippen molar-refractivity contribution in [3.63, 3.8) is 0 Å². The highest BCUT2D eigenvalue weighted by molar-refractivity contribution is 14.1. The van der Waals surface area contributed by atoms with Crippen LogP contribution in [0.15, 0.2) is 40.9 Å². The normalized spacial score (nSPS) is 11.8. The van der Waals surface area contributed by atoms with Crippen molar-refractivity contribution >= 4 is 55.9 Å². The first-order valence-corrected chi connectivity index (χ1v) is 8.03. The Morgan fingerprint density at radius 2 is 2.05 bits per heavy atom. The van der Waals surface area contributed by atoms with Gasteiger partial charge < -0.3 is 0 Å². The van der Waals surface area contributed by atoms with Gasteiger partial charge in [-0.05, 0) is 58.5 Å². The molecule has 0 saturated carbocycles. The largest absolute Gasteiger partial charge is 0.292 e. The number of ketones is 1. The molecule has 2 aromatic rings. The Morgan fingerprint density at radius 1 is 1.33 bits per heavy atom. The Labute approximate surface area is 148 Å². The first-order valence-electron chi connectivity index (χ1n) is 5.78. The number of rotatable bonds is 3. The third-order valence-electron chi connectivity index (χ3n) is 2.86. The van der Waals surface area contributed by atoms with Gasteiger partial charge in [-0.2, -0.15) is 5.26 Å². The zero-order chi connectivity index (χ0) is 15.6. The molecule has 0 radical (unpaired) electrons. The van der Waals surface area contributed by atoms with Crippen molar-refractivity contribution in [3.8, 4) is 6.07 Å². The Bertz CT molecular complexity index is 760. The number of nitriles is 1. The number of carbonyl (C=O) groups is 1. The van der Waals surface area contributed by atoms with Gasteiger partial charge in [-0.3, -0.25) is 4.79 Å². The standard InChI is InChI=1S/C15H7BrClFINO/c16-8-1-4-14(19)11(5-8)15(21)12(7-20)10-3-2-9(18)6-13(10)17/h1-6,12H. The summed E-state index contributed by atoms with van der Waals surface area (Å²) in [5.41, 5.74) is 0.734. The van der Waals surface area contributed by atoms with Crippen LogP contribution in [0.4, 0.5) is 4.39 Å². The van der Waals surface area contributed by atoms with Gasteiger partial charge in [0.2, 0.25) is 0 Å². The lowest BCUT2D eigenvalue weighted by Gasteiger charge is -2.12. The number of hydrogen-bond donors (Lipinski definition) is 0. The minimum Gasteiger partial charge on any atom is -0.292 e. The van der Waals surface area contributed by atoms with Crippen LogP contribution in [0.3, 0.4) is 0 Å². The zero-order valence-corrected chi connectivity index (χ0v) is 14.9. The van der Waals surface area contributed by atoms with E-state index in [-0.39, 0.29) is 10.8 Å². The minimum absolute atomic E-state index is 0.0694. The number of benzene rings is 2. The number of nitrogens with zero attached hydrogens (tertiary/aromatic N) is 1. The van der Waals surface area contributed by atoms with E-state index < -0.39 is 11.7 Å². The molecule has 0 aromatic heterocycles. The molecule has 2 nitrogen and oxygen atoms in total. The topological polar surface area (TPSA) is 40.9 Å². The van der Waals surface area contributed by atoms with E-state index in [1.807, 2.05) is 34.7 Å². The van der Waals surface area contributed by atoms with E-state index in [1.54, 1.807) is 12.1 Å². The van der Waals surface area contributed by atoms with Crippen LogP contribution in [0.5, 0.6) is 0 Å². The molecule has 2 aromatic carbocycles. The van der Waals surface area contributed by atoms with Crippen molar-refractivity contribution in [2.24, 2.45) is 0 Å². The molecule has 0 N–H and O–H groups in total. The molecular formula is C15H7BrClFINO. The third kappa shape index (κ3) is 3.62. The Morgan fingerprint density at radius 3 is 2.67 bits per heavy atom. The van der Waals surface area contributed by atoms with Crippen molar-refractivity contribution in [1.29, 1.82) is 5.26 Å². The van der Waals surface area contributed by atoms with E-state index in [0.717, 1.165) is 14.1 Å². The van der Waals surface area contributed by atoms with E-state index in [1.165, 1.54) is 12.1 Å². The van der Waals surface area contributed by atoms with E-state index in [0.29, 0.717) is 11.1 Å². The minimum atomic E-state index is -1.07. The molecule has 1 unspecified atom stereocenters. The first kappa shape index (κ1) is 16.4. The molecule has 0 spiro atoms. The third-order valence-corrected chi connectivity index (χ3v) is 4.62. The van der Waals surface area contributed by atoms with Gasteiger partial charge in [0, 0.05) is 18.6 Å². The van der Waals surface area contributed by atoms with Crippen molar-refractivity contribution in [3.05, 3.63) is 66.4 Å². The van der Waals surface area contributed by atoms with Crippen LogP contribution in [0.1, 0.15) is 21.8 Å². The number of carbonyl (C=O) groups excluding carboxylic acids is 1. The predicted molar refractivity (Wildman–Crippen MR) is 91.0 cm³/mol. The van der Waals surface area contributed by atoms with Crippen LogP contribution in [0, 0.1) is 20.7 Å². The van der Waals surface area contributed by atoms with Gasteiger partial charge >= 0.3 is 0 Å². The van der Waals surface area contributed by atoms with Gasteiger partial charge in [-0.1, -0.05) is 33.6 Å². The van der Waals surface area contributed by atoms with Crippen molar-refractivity contribution in [1.82, 2.24) is 0 Å². The highest BCUT2D eigenvalue weighted by Gasteiger charge is 2.25. The molecule has 0 heterocycles. The fourth-order valence-electron chi connectivity index (χ4n) is 1.85. The molecule has 2 rings (SSSR count). The zero-order valence-electron chi connectivity index (χ0n) is 10.4. The molecule has 0 fully saturated rings. The van der Waals surface area contributed by atoms with E-state index >= 15 is 0 Å². The molecule has 0 saturated heterocycles. The van der Waals surface area contributed by atoms with Crippen LogP contribution in [-0.4, -0.2) is 5.78 Å². The van der Waals surface area contributed by atoms with Gasteiger partial charge in [0.1, 0.15) is 11.7 Å². The molecule has 0 aliphatic rings. The molecule has 0 aliphatic heterocycles. The second kappa shape index (κ2) is 6.86. The molecule has 106 valence electrons. The first-order chi connectivity index (χ1) is 9.93. The van der Waals surface area contributed by atoms with Gasteiger partial charge in [-0.15, -0.1) is 0 Å². The fourth-order valence-corrected chi connectivity index (χ4v) is 3.09. The lowest BCUT2D eigenvalue weighted by Crippen LogP contribution is -2.13. The molecule has 0 aliphatic carbocycles. The Hall–Kier alpha value is -0.970. The maximum Gasteiger partial charge on any atom is 0.185 e. The monoisotopic (exact) mass is 477 g/mol. The number of Topliss-reactive ketones (excluding diaryl/α,β-unsaturated/α-hetero) is 1. The maximum atomic E-state index is 13.1. The summed E-state index contributed by atoms with van der Waals surface area (Å²) in [6.45, 7) is 0. The average Bonchev–Trinajstić information content (AvgIpc) is 2.44. The summed E-state index contributed by atoms with van der Waals surface area (Å²) in [5.74, 6) is -1.94. The quantitative estimate of drug-likeness (QED) is 0.442. The molecule has 0 bridgehead atoms. The lowest BCUT2D eigenvalue weighted by atomic mass is 9.92. The van der Waals surface area contributed by atoms with Crippen molar-refractivity contribution < 1.29 is 9.18 Å². The van der Waals surface area contributed by atoms with Crippen LogP contribution in [0.25, 0.3) is 0 Å². The van der Waals surface area contributed by atoms with Crippen molar-refractivity contribution in [2.45, 2.75) is 5.92 Å². The molecule has 6 heteroatoms. The average molecular weight is 478 g/mol. The fraction of sp³-hybridized carbons (Fsp3) is 0.0667. The summed E-state index contributed by atoms with van der Waals surface area (Å²) in [5, 5.41) is 9.40. The molecule has 0 amide bonds. The van der Waals surface area contributed by atoms with E-state index in [4.69, 9.17) is 11.6 Å². The smallest absolute Gasteiger partial charge is 0.185 e. The summed E-state index contributed by atoms with van der Waals surface area (Å²) in [7, 11) is 0. The maximum absolute atomic E-state index is 13.1. The van der Waals surface area contributed by atoms with Crippen LogP contribution in [0.2, 0.25) is 5.02 Å². The number of halogens is 4. The second-order valence-corrected chi connectivity index (χ2v) is 6.70. The summed E-state index contributed by atoms with van der Waals surface area (Å²) < 4.78 is 14.6. The van der Waals surface area contributed by atoms with E-state index in [9.17, 15) is 14.4 Å².